The molecule has 0 heterocycles. The number of carbonyl (C=O) groups excluding carboxylic acids is 1. The number of nitrogens with one attached hydrogen (secondary N) is 1. The summed E-state index contributed by atoms with van der Waals surface area (Å²) in [6.07, 6.45) is 4.77. The van der Waals surface area contributed by atoms with Gasteiger partial charge in [0.25, 0.3) is 0 Å². The van der Waals surface area contributed by atoms with Crippen molar-refractivity contribution in [3.63, 3.8) is 0 Å². The van der Waals surface area contributed by atoms with Gasteiger partial charge in [-0.1, -0.05) is 6.42 Å². The average molecular weight is 258 g/mol. The number of nitrogens with two attached hydrogens (primary N) is 1. The normalized spacial score (nSPS) is 23.9. The van der Waals surface area contributed by atoms with E-state index < -0.39 is 0 Å². The van der Waals surface area contributed by atoms with E-state index in [2.05, 4.69) is 5.32 Å². The van der Waals surface area contributed by atoms with E-state index in [9.17, 15) is 4.79 Å². The highest BCUT2D eigenvalue weighted by atomic mass is 16.5. The number of rotatable bonds is 8. The molecule has 1 saturated carbocycles. The van der Waals surface area contributed by atoms with Gasteiger partial charge in [0.1, 0.15) is 0 Å². The molecule has 0 radical (unpaired) electrons. The maximum Gasteiger partial charge on any atom is 0.223 e. The second kappa shape index (κ2) is 9.30. The second-order valence-corrected chi connectivity index (χ2v) is 4.87. The van der Waals surface area contributed by atoms with E-state index in [1.165, 1.54) is 0 Å². The van der Waals surface area contributed by atoms with Gasteiger partial charge < -0.3 is 20.5 Å². The van der Waals surface area contributed by atoms with Crippen LogP contribution < -0.4 is 11.1 Å². The van der Waals surface area contributed by atoms with Crippen molar-refractivity contribution < 1.29 is 14.3 Å². The summed E-state index contributed by atoms with van der Waals surface area (Å²) < 4.78 is 10.2. The van der Waals surface area contributed by atoms with Crippen LogP contribution in [0.1, 0.15) is 32.1 Å². The van der Waals surface area contributed by atoms with Crippen molar-refractivity contribution in [2.24, 2.45) is 11.7 Å². The summed E-state index contributed by atoms with van der Waals surface area (Å²) in [5.74, 6) is 0.269. The summed E-state index contributed by atoms with van der Waals surface area (Å²) in [6, 6.07) is 0.201. The SMILES string of the molecule is COCCOCCCNC(=O)C1CCCC(N)C1. The molecule has 106 valence electrons. The average Bonchev–Trinajstić information content (AvgIpc) is 2.37. The van der Waals surface area contributed by atoms with Crippen molar-refractivity contribution in [1.82, 2.24) is 5.32 Å². The van der Waals surface area contributed by atoms with Gasteiger partial charge >= 0.3 is 0 Å². The van der Waals surface area contributed by atoms with E-state index >= 15 is 0 Å². The van der Waals surface area contributed by atoms with Gasteiger partial charge in [-0.15, -0.1) is 0 Å². The van der Waals surface area contributed by atoms with Gasteiger partial charge in [0.2, 0.25) is 5.91 Å². The number of methoxy groups -OCH3 is 1. The molecule has 5 nitrogen and oxygen atoms in total. The summed E-state index contributed by atoms with van der Waals surface area (Å²) in [5, 5.41) is 2.96. The third-order valence-electron chi connectivity index (χ3n) is 3.28. The van der Waals surface area contributed by atoms with Crippen LogP contribution in [0.15, 0.2) is 0 Å². The van der Waals surface area contributed by atoms with E-state index in [1.54, 1.807) is 7.11 Å². The Morgan fingerprint density at radius 3 is 2.89 bits per heavy atom. The molecule has 1 fully saturated rings. The van der Waals surface area contributed by atoms with Crippen LogP contribution in [0.2, 0.25) is 0 Å². The lowest BCUT2D eigenvalue weighted by Crippen LogP contribution is -2.38. The standard InChI is InChI=1S/C13H26N2O3/c1-17-8-9-18-7-3-6-15-13(16)11-4-2-5-12(14)10-11/h11-12H,2-10,14H2,1H3,(H,15,16). The van der Waals surface area contributed by atoms with Crippen molar-refractivity contribution in [3.05, 3.63) is 0 Å². The molecule has 2 atom stereocenters. The largest absolute Gasteiger partial charge is 0.382 e. The van der Waals surface area contributed by atoms with Gasteiger partial charge in [0.15, 0.2) is 0 Å². The van der Waals surface area contributed by atoms with Crippen molar-refractivity contribution in [2.45, 2.75) is 38.1 Å². The molecule has 0 aliphatic heterocycles. The molecule has 5 heteroatoms. The van der Waals surface area contributed by atoms with Crippen LogP contribution in [-0.2, 0) is 14.3 Å². The van der Waals surface area contributed by atoms with E-state index in [1.807, 2.05) is 0 Å². The lowest BCUT2D eigenvalue weighted by atomic mass is 9.85. The Hall–Kier alpha value is -0.650. The second-order valence-electron chi connectivity index (χ2n) is 4.87. The van der Waals surface area contributed by atoms with Crippen LogP contribution >= 0.6 is 0 Å². The van der Waals surface area contributed by atoms with Gasteiger partial charge in [0.05, 0.1) is 13.2 Å². The zero-order valence-electron chi connectivity index (χ0n) is 11.3. The zero-order chi connectivity index (χ0) is 13.2. The molecule has 1 rings (SSSR count). The molecule has 0 saturated heterocycles. The summed E-state index contributed by atoms with van der Waals surface area (Å²) in [5.41, 5.74) is 5.87. The van der Waals surface area contributed by atoms with E-state index in [0.29, 0.717) is 26.4 Å². The quantitative estimate of drug-likeness (QED) is 0.628. The molecule has 3 N–H and O–H groups in total. The Labute approximate surface area is 109 Å². The first-order valence-electron chi connectivity index (χ1n) is 6.84. The highest BCUT2D eigenvalue weighted by Crippen LogP contribution is 2.22. The molecule has 0 aromatic carbocycles. The smallest absolute Gasteiger partial charge is 0.223 e. The number of ether oxygens (including phenoxy) is 2. The summed E-state index contributed by atoms with van der Waals surface area (Å²) in [4.78, 5) is 11.9. The lowest BCUT2D eigenvalue weighted by molar-refractivity contribution is -0.126. The van der Waals surface area contributed by atoms with Crippen LogP contribution in [0.25, 0.3) is 0 Å². The minimum absolute atomic E-state index is 0.114. The van der Waals surface area contributed by atoms with Gasteiger partial charge in [-0.05, 0) is 25.7 Å². The molecule has 0 aromatic heterocycles. The Bertz CT molecular complexity index is 236. The summed E-state index contributed by atoms with van der Waals surface area (Å²) >= 11 is 0. The highest BCUT2D eigenvalue weighted by Gasteiger charge is 2.24. The zero-order valence-corrected chi connectivity index (χ0v) is 11.3. The lowest BCUT2D eigenvalue weighted by Gasteiger charge is -2.25. The molecular weight excluding hydrogens is 232 g/mol. The third-order valence-corrected chi connectivity index (χ3v) is 3.28. The number of hydrogen-bond acceptors (Lipinski definition) is 4. The predicted molar refractivity (Wildman–Crippen MR) is 70.3 cm³/mol. The predicted octanol–water partition coefficient (Wildman–Crippen LogP) is 0.673. The highest BCUT2D eigenvalue weighted by molar-refractivity contribution is 5.78. The van der Waals surface area contributed by atoms with Crippen molar-refractivity contribution in [2.75, 3.05) is 33.5 Å². The number of carbonyl (C=O) groups is 1. The molecule has 0 bridgehead atoms. The third kappa shape index (κ3) is 6.33. The molecule has 0 spiro atoms. The number of hydrogen-bond donors (Lipinski definition) is 2. The Morgan fingerprint density at radius 1 is 1.33 bits per heavy atom. The molecule has 2 unspecified atom stereocenters. The van der Waals surface area contributed by atoms with Gasteiger partial charge in [-0.25, -0.2) is 0 Å². The minimum atomic E-state index is 0.114. The molecule has 0 aromatic rings. The van der Waals surface area contributed by atoms with Gasteiger partial charge in [0, 0.05) is 32.2 Å². The van der Waals surface area contributed by atoms with Crippen LogP contribution in [-0.4, -0.2) is 45.4 Å². The fraction of sp³-hybridized carbons (Fsp3) is 0.923. The van der Waals surface area contributed by atoms with Crippen LogP contribution in [0.5, 0.6) is 0 Å². The molecule has 1 aliphatic rings. The molecule has 1 aliphatic carbocycles. The van der Waals surface area contributed by atoms with Crippen molar-refractivity contribution in [1.29, 1.82) is 0 Å². The molecule has 1 amide bonds. The first kappa shape index (κ1) is 15.4. The first-order valence-corrected chi connectivity index (χ1v) is 6.84. The van der Waals surface area contributed by atoms with Crippen LogP contribution in [0.4, 0.5) is 0 Å². The maximum atomic E-state index is 11.9. The minimum Gasteiger partial charge on any atom is -0.382 e. The van der Waals surface area contributed by atoms with E-state index in [0.717, 1.165) is 32.1 Å². The fourth-order valence-electron chi connectivity index (χ4n) is 2.24. The van der Waals surface area contributed by atoms with E-state index in [4.69, 9.17) is 15.2 Å². The Balaban J connectivity index is 1.99. The topological polar surface area (TPSA) is 73.6 Å². The van der Waals surface area contributed by atoms with Crippen LogP contribution in [0.3, 0.4) is 0 Å². The number of amides is 1. The summed E-state index contributed by atoms with van der Waals surface area (Å²) in [6.45, 7) is 2.57. The van der Waals surface area contributed by atoms with Crippen molar-refractivity contribution in [3.8, 4) is 0 Å². The van der Waals surface area contributed by atoms with E-state index in [-0.39, 0.29) is 17.9 Å². The monoisotopic (exact) mass is 258 g/mol. The molecule has 18 heavy (non-hydrogen) atoms. The van der Waals surface area contributed by atoms with Gasteiger partial charge in [-0.2, -0.15) is 0 Å². The Morgan fingerprint density at radius 2 is 2.17 bits per heavy atom. The Kier molecular flexibility index (Phi) is 7.96. The van der Waals surface area contributed by atoms with Gasteiger partial charge in [-0.3, -0.25) is 4.79 Å². The maximum absolute atomic E-state index is 11.9. The van der Waals surface area contributed by atoms with Crippen molar-refractivity contribution >= 4 is 5.91 Å². The summed E-state index contributed by atoms with van der Waals surface area (Å²) in [7, 11) is 1.65. The fourth-order valence-corrected chi connectivity index (χ4v) is 2.24. The first-order chi connectivity index (χ1) is 8.74. The molecular formula is C13H26N2O3. The van der Waals surface area contributed by atoms with Crippen LogP contribution in [0, 0.1) is 5.92 Å².